The highest BCUT2D eigenvalue weighted by Crippen LogP contribution is 2.36. The van der Waals surface area contributed by atoms with Crippen LogP contribution in [0.5, 0.6) is 0 Å². The standard InChI is InChI=1S/C15H17NS2/c1-11(14-7-4-8-17-14)16-10-13-9-12-5-2-3-6-15(12)18-13/h2-8,11,13,16H,9-10H2,1H3/t11-,13?/m0/s1. The molecule has 2 aromatic rings. The Morgan fingerprint density at radius 3 is 2.94 bits per heavy atom. The lowest BCUT2D eigenvalue weighted by Crippen LogP contribution is -2.26. The highest BCUT2D eigenvalue weighted by atomic mass is 32.2. The fraction of sp³-hybridized carbons (Fsp3) is 0.333. The Morgan fingerprint density at radius 1 is 1.28 bits per heavy atom. The van der Waals surface area contributed by atoms with Crippen LogP contribution in [0.1, 0.15) is 23.4 Å². The third kappa shape index (κ3) is 2.63. The second kappa shape index (κ2) is 5.47. The molecule has 94 valence electrons. The van der Waals surface area contributed by atoms with E-state index in [1.165, 1.54) is 21.8 Å². The van der Waals surface area contributed by atoms with Crippen molar-refractivity contribution in [2.45, 2.75) is 29.5 Å². The normalized spacial score (nSPS) is 19.7. The van der Waals surface area contributed by atoms with Gasteiger partial charge in [-0.1, -0.05) is 24.3 Å². The summed E-state index contributed by atoms with van der Waals surface area (Å²) in [6.45, 7) is 3.33. The fourth-order valence-electron chi connectivity index (χ4n) is 2.31. The van der Waals surface area contributed by atoms with E-state index in [1.54, 1.807) is 0 Å². The minimum Gasteiger partial charge on any atom is -0.308 e. The molecule has 3 rings (SSSR count). The highest BCUT2D eigenvalue weighted by Gasteiger charge is 2.22. The third-order valence-electron chi connectivity index (χ3n) is 3.34. The molecular formula is C15H17NS2. The maximum absolute atomic E-state index is 3.65. The van der Waals surface area contributed by atoms with Crippen molar-refractivity contribution in [2.75, 3.05) is 6.54 Å². The van der Waals surface area contributed by atoms with Crippen molar-refractivity contribution < 1.29 is 0 Å². The largest absolute Gasteiger partial charge is 0.308 e. The Labute approximate surface area is 117 Å². The molecule has 0 saturated heterocycles. The smallest absolute Gasteiger partial charge is 0.0386 e. The molecule has 0 radical (unpaired) electrons. The SMILES string of the molecule is C[C@H](NCC1Cc2ccccc2S1)c1cccs1. The maximum Gasteiger partial charge on any atom is 0.0386 e. The second-order valence-electron chi connectivity index (χ2n) is 4.70. The van der Waals surface area contributed by atoms with Crippen LogP contribution in [0.25, 0.3) is 0 Å². The molecule has 3 heteroatoms. The van der Waals surface area contributed by atoms with Gasteiger partial charge in [-0.25, -0.2) is 0 Å². The summed E-state index contributed by atoms with van der Waals surface area (Å²) >= 11 is 3.85. The van der Waals surface area contributed by atoms with Gasteiger partial charge >= 0.3 is 0 Å². The number of fused-ring (bicyclic) bond motifs is 1. The van der Waals surface area contributed by atoms with E-state index in [9.17, 15) is 0 Å². The number of benzene rings is 1. The molecule has 2 atom stereocenters. The Balaban J connectivity index is 1.54. The quantitative estimate of drug-likeness (QED) is 0.901. The van der Waals surface area contributed by atoms with Crippen LogP contribution < -0.4 is 5.32 Å². The first-order valence-electron chi connectivity index (χ1n) is 6.34. The Kier molecular flexibility index (Phi) is 3.73. The van der Waals surface area contributed by atoms with E-state index < -0.39 is 0 Å². The van der Waals surface area contributed by atoms with E-state index in [-0.39, 0.29) is 0 Å². The Morgan fingerprint density at radius 2 is 2.17 bits per heavy atom. The van der Waals surface area contributed by atoms with Gasteiger partial charge in [-0.2, -0.15) is 0 Å². The van der Waals surface area contributed by atoms with E-state index >= 15 is 0 Å². The molecule has 0 bridgehead atoms. The first-order valence-corrected chi connectivity index (χ1v) is 8.10. The number of rotatable bonds is 4. The van der Waals surface area contributed by atoms with Crippen LogP contribution in [0.2, 0.25) is 0 Å². The average Bonchev–Trinajstić information content (AvgIpc) is 3.04. The van der Waals surface area contributed by atoms with Crippen LogP contribution in [0.15, 0.2) is 46.7 Å². The number of nitrogens with one attached hydrogen (secondary N) is 1. The summed E-state index contributed by atoms with van der Waals surface area (Å²) in [6.07, 6.45) is 1.20. The molecule has 0 amide bonds. The monoisotopic (exact) mass is 275 g/mol. The first-order chi connectivity index (χ1) is 8.83. The van der Waals surface area contributed by atoms with E-state index in [0.29, 0.717) is 11.3 Å². The molecule has 0 fully saturated rings. The zero-order valence-corrected chi connectivity index (χ0v) is 12.1. The summed E-state index contributed by atoms with van der Waals surface area (Å²) in [5.74, 6) is 0. The number of hydrogen-bond donors (Lipinski definition) is 1. The minimum absolute atomic E-state index is 0.467. The van der Waals surface area contributed by atoms with Gasteiger partial charge in [-0.15, -0.1) is 23.1 Å². The maximum atomic E-state index is 3.65. The molecule has 1 aliphatic heterocycles. The second-order valence-corrected chi connectivity index (χ2v) is 7.02. The molecule has 2 heterocycles. The van der Waals surface area contributed by atoms with Gasteiger partial charge in [0.25, 0.3) is 0 Å². The lowest BCUT2D eigenvalue weighted by molar-refractivity contribution is 0.574. The van der Waals surface area contributed by atoms with Gasteiger partial charge in [0.1, 0.15) is 0 Å². The molecule has 1 unspecified atom stereocenters. The van der Waals surface area contributed by atoms with Gasteiger partial charge in [0.05, 0.1) is 0 Å². The topological polar surface area (TPSA) is 12.0 Å². The first kappa shape index (κ1) is 12.3. The van der Waals surface area contributed by atoms with Crippen LogP contribution in [-0.4, -0.2) is 11.8 Å². The summed E-state index contributed by atoms with van der Waals surface area (Å²) in [6, 6.07) is 13.6. The van der Waals surface area contributed by atoms with Crippen LogP contribution >= 0.6 is 23.1 Å². The molecule has 0 aliphatic carbocycles. The molecule has 1 aromatic carbocycles. The van der Waals surface area contributed by atoms with Crippen LogP contribution in [-0.2, 0) is 6.42 Å². The van der Waals surface area contributed by atoms with E-state index in [2.05, 4.69) is 54.0 Å². The molecule has 1 nitrogen and oxygen atoms in total. The summed E-state index contributed by atoms with van der Waals surface area (Å²) in [4.78, 5) is 2.89. The minimum atomic E-state index is 0.467. The summed E-state index contributed by atoms with van der Waals surface area (Å²) in [7, 11) is 0. The molecule has 1 aliphatic rings. The molecule has 0 saturated carbocycles. The summed E-state index contributed by atoms with van der Waals surface area (Å²) in [5.41, 5.74) is 1.51. The van der Waals surface area contributed by atoms with Crippen LogP contribution in [0.3, 0.4) is 0 Å². The van der Waals surface area contributed by atoms with Gasteiger partial charge in [0, 0.05) is 27.6 Å². The van der Waals surface area contributed by atoms with Gasteiger partial charge in [-0.3, -0.25) is 0 Å². The summed E-state index contributed by atoms with van der Waals surface area (Å²) in [5, 5.41) is 6.48. The van der Waals surface area contributed by atoms with Gasteiger partial charge < -0.3 is 5.32 Å². The number of thioether (sulfide) groups is 1. The van der Waals surface area contributed by atoms with Crippen molar-refractivity contribution in [3.05, 3.63) is 52.2 Å². The fourth-order valence-corrected chi connectivity index (χ4v) is 4.33. The van der Waals surface area contributed by atoms with E-state index in [1.807, 2.05) is 23.1 Å². The van der Waals surface area contributed by atoms with Gasteiger partial charge in [0.15, 0.2) is 0 Å². The van der Waals surface area contributed by atoms with Crippen molar-refractivity contribution in [2.24, 2.45) is 0 Å². The molecule has 0 spiro atoms. The molecule has 1 aromatic heterocycles. The van der Waals surface area contributed by atoms with Crippen molar-refractivity contribution in [3.8, 4) is 0 Å². The average molecular weight is 275 g/mol. The molecular weight excluding hydrogens is 258 g/mol. The Hall–Kier alpha value is -0.770. The van der Waals surface area contributed by atoms with E-state index in [4.69, 9.17) is 0 Å². The van der Waals surface area contributed by atoms with Gasteiger partial charge in [-0.05, 0) is 36.4 Å². The Bertz CT molecular complexity index is 482. The van der Waals surface area contributed by atoms with Crippen molar-refractivity contribution in [1.82, 2.24) is 5.32 Å². The predicted molar refractivity (Wildman–Crippen MR) is 80.5 cm³/mol. The van der Waals surface area contributed by atoms with E-state index in [0.717, 1.165) is 6.54 Å². The number of thiophene rings is 1. The molecule has 18 heavy (non-hydrogen) atoms. The highest BCUT2D eigenvalue weighted by molar-refractivity contribution is 8.00. The summed E-state index contributed by atoms with van der Waals surface area (Å²) < 4.78 is 0. The van der Waals surface area contributed by atoms with Gasteiger partial charge in [0.2, 0.25) is 0 Å². The van der Waals surface area contributed by atoms with Crippen molar-refractivity contribution in [3.63, 3.8) is 0 Å². The lowest BCUT2D eigenvalue weighted by atomic mass is 10.1. The zero-order valence-electron chi connectivity index (χ0n) is 10.4. The lowest BCUT2D eigenvalue weighted by Gasteiger charge is -2.15. The predicted octanol–water partition coefficient (Wildman–Crippen LogP) is 4.12. The molecule has 1 N–H and O–H groups in total. The zero-order chi connectivity index (χ0) is 12.4. The van der Waals surface area contributed by atoms with Crippen molar-refractivity contribution >= 4 is 23.1 Å². The van der Waals surface area contributed by atoms with Crippen LogP contribution in [0.4, 0.5) is 0 Å². The van der Waals surface area contributed by atoms with Crippen LogP contribution in [0, 0.1) is 0 Å². The third-order valence-corrected chi connectivity index (χ3v) is 5.71. The number of hydrogen-bond acceptors (Lipinski definition) is 3. The van der Waals surface area contributed by atoms with Crippen molar-refractivity contribution in [1.29, 1.82) is 0 Å².